The standard InChI is InChI=1S/C13H18O4S/c1-4-11(14)9-18(16,17)12-7-5-6-10(8-12)13(2,3)15/h5-8,15H,4,9H2,1-3H3. The molecule has 0 saturated carbocycles. The average molecular weight is 270 g/mol. The molecule has 0 aliphatic carbocycles. The minimum atomic E-state index is -3.62. The number of carbonyl (C=O) groups is 1. The van der Waals surface area contributed by atoms with Gasteiger partial charge in [0.15, 0.2) is 9.84 Å². The van der Waals surface area contributed by atoms with Crippen molar-refractivity contribution in [2.75, 3.05) is 5.75 Å². The van der Waals surface area contributed by atoms with Gasteiger partial charge in [0.25, 0.3) is 0 Å². The second kappa shape index (κ2) is 5.20. The van der Waals surface area contributed by atoms with Gasteiger partial charge in [0.05, 0.1) is 10.5 Å². The third-order valence-corrected chi connectivity index (χ3v) is 4.32. The summed E-state index contributed by atoms with van der Waals surface area (Å²) in [5, 5.41) is 9.85. The first-order valence-corrected chi connectivity index (χ1v) is 7.39. The lowest BCUT2D eigenvalue weighted by molar-refractivity contribution is -0.116. The van der Waals surface area contributed by atoms with E-state index in [2.05, 4.69) is 0 Å². The van der Waals surface area contributed by atoms with Gasteiger partial charge in [0, 0.05) is 6.42 Å². The number of aliphatic hydroxyl groups is 1. The van der Waals surface area contributed by atoms with Crippen LogP contribution in [-0.2, 0) is 20.2 Å². The number of ketones is 1. The number of rotatable bonds is 5. The van der Waals surface area contributed by atoms with E-state index in [1.807, 2.05) is 0 Å². The summed E-state index contributed by atoms with van der Waals surface area (Å²) < 4.78 is 24.0. The van der Waals surface area contributed by atoms with E-state index < -0.39 is 21.2 Å². The van der Waals surface area contributed by atoms with Crippen molar-refractivity contribution in [1.29, 1.82) is 0 Å². The highest BCUT2D eigenvalue weighted by Crippen LogP contribution is 2.23. The van der Waals surface area contributed by atoms with Gasteiger partial charge in [0.2, 0.25) is 0 Å². The van der Waals surface area contributed by atoms with Crippen molar-refractivity contribution >= 4 is 15.6 Å². The van der Waals surface area contributed by atoms with Gasteiger partial charge >= 0.3 is 0 Å². The van der Waals surface area contributed by atoms with Crippen LogP contribution in [0.5, 0.6) is 0 Å². The molecule has 0 aromatic heterocycles. The fraction of sp³-hybridized carbons (Fsp3) is 0.462. The number of carbonyl (C=O) groups excluding carboxylic acids is 1. The molecule has 0 unspecified atom stereocenters. The van der Waals surface area contributed by atoms with E-state index in [0.29, 0.717) is 5.56 Å². The lowest BCUT2D eigenvalue weighted by atomic mass is 9.99. The Labute approximate surface area is 108 Å². The summed E-state index contributed by atoms with van der Waals surface area (Å²) in [7, 11) is -3.62. The van der Waals surface area contributed by atoms with Crippen molar-refractivity contribution in [1.82, 2.24) is 0 Å². The Bertz CT molecular complexity index is 538. The first kappa shape index (κ1) is 14.9. The van der Waals surface area contributed by atoms with Gasteiger partial charge in [0.1, 0.15) is 11.5 Å². The van der Waals surface area contributed by atoms with E-state index in [0.717, 1.165) is 0 Å². The Balaban J connectivity index is 3.15. The summed E-state index contributed by atoms with van der Waals surface area (Å²) in [6.45, 7) is 4.79. The van der Waals surface area contributed by atoms with Crippen LogP contribution in [-0.4, -0.2) is 25.1 Å². The summed E-state index contributed by atoms with van der Waals surface area (Å²) >= 11 is 0. The van der Waals surface area contributed by atoms with Gasteiger partial charge in [-0.05, 0) is 31.5 Å². The Morgan fingerprint density at radius 1 is 1.33 bits per heavy atom. The molecular weight excluding hydrogens is 252 g/mol. The molecule has 1 aromatic carbocycles. The van der Waals surface area contributed by atoms with Crippen LogP contribution in [0.1, 0.15) is 32.8 Å². The van der Waals surface area contributed by atoms with Crippen LogP contribution >= 0.6 is 0 Å². The van der Waals surface area contributed by atoms with Crippen molar-refractivity contribution in [3.8, 4) is 0 Å². The molecule has 18 heavy (non-hydrogen) atoms. The van der Waals surface area contributed by atoms with Gasteiger partial charge in [-0.1, -0.05) is 19.1 Å². The smallest absolute Gasteiger partial charge is 0.185 e. The molecule has 0 aliphatic rings. The van der Waals surface area contributed by atoms with Gasteiger partial charge in [-0.15, -0.1) is 0 Å². The van der Waals surface area contributed by atoms with Crippen molar-refractivity contribution in [2.45, 2.75) is 37.7 Å². The van der Waals surface area contributed by atoms with E-state index in [9.17, 15) is 18.3 Å². The lowest BCUT2D eigenvalue weighted by Gasteiger charge is -2.18. The quantitative estimate of drug-likeness (QED) is 0.883. The number of sulfone groups is 1. The van der Waals surface area contributed by atoms with Crippen molar-refractivity contribution < 1.29 is 18.3 Å². The molecule has 0 heterocycles. The summed E-state index contributed by atoms with van der Waals surface area (Å²) in [6.07, 6.45) is 0.199. The molecule has 0 amide bonds. The average Bonchev–Trinajstić information content (AvgIpc) is 2.27. The van der Waals surface area contributed by atoms with E-state index in [-0.39, 0.29) is 17.1 Å². The highest BCUT2D eigenvalue weighted by atomic mass is 32.2. The van der Waals surface area contributed by atoms with Crippen LogP contribution in [0, 0.1) is 0 Å². The molecule has 0 fully saturated rings. The van der Waals surface area contributed by atoms with E-state index >= 15 is 0 Å². The molecule has 0 saturated heterocycles. The highest BCUT2D eigenvalue weighted by molar-refractivity contribution is 7.92. The molecule has 0 bridgehead atoms. The van der Waals surface area contributed by atoms with Crippen LogP contribution in [0.2, 0.25) is 0 Å². The van der Waals surface area contributed by atoms with Crippen molar-refractivity contribution in [2.24, 2.45) is 0 Å². The molecule has 4 nitrogen and oxygen atoms in total. The molecule has 0 spiro atoms. The summed E-state index contributed by atoms with van der Waals surface area (Å²) in [5.41, 5.74) is -0.604. The molecule has 0 aliphatic heterocycles. The van der Waals surface area contributed by atoms with Gasteiger partial charge in [-0.25, -0.2) is 8.42 Å². The van der Waals surface area contributed by atoms with Crippen molar-refractivity contribution in [3.63, 3.8) is 0 Å². The molecule has 0 radical (unpaired) electrons. The zero-order valence-electron chi connectivity index (χ0n) is 10.8. The zero-order valence-corrected chi connectivity index (χ0v) is 11.6. The normalized spacial score (nSPS) is 12.4. The fourth-order valence-corrected chi connectivity index (χ4v) is 2.85. The number of hydrogen-bond donors (Lipinski definition) is 1. The number of hydrogen-bond acceptors (Lipinski definition) is 4. The lowest BCUT2D eigenvalue weighted by Crippen LogP contribution is -2.18. The molecule has 0 atom stereocenters. The maximum atomic E-state index is 12.0. The maximum Gasteiger partial charge on any atom is 0.185 e. The Morgan fingerprint density at radius 2 is 1.94 bits per heavy atom. The van der Waals surface area contributed by atoms with Gasteiger partial charge < -0.3 is 5.11 Å². The molecular formula is C13H18O4S. The van der Waals surface area contributed by atoms with E-state index in [1.165, 1.54) is 12.1 Å². The minimum Gasteiger partial charge on any atom is -0.386 e. The van der Waals surface area contributed by atoms with E-state index in [4.69, 9.17) is 0 Å². The molecule has 100 valence electrons. The Kier molecular flexibility index (Phi) is 4.29. The summed E-state index contributed by atoms with van der Waals surface area (Å²) in [6, 6.07) is 6.07. The second-order valence-electron chi connectivity index (χ2n) is 4.74. The first-order valence-electron chi connectivity index (χ1n) is 5.74. The monoisotopic (exact) mass is 270 g/mol. The van der Waals surface area contributed by atoms with Crippen LogP contribution in [0.3, 0.4) is 0 Å². The molecule has 1 N–H and O–H groups in total. The number of Topliss-reactive ketones (excluding diaryl/α,β-unsaturated/α-hetero) is 1. The predicted octanol–water partition coefficient (Wildman–Crippen LogP) is 1.67. The largest absolute Gasteiger partial charge is 0.386 e. The van der Waals surface area contributed by atoms with Crippen LogP contribution in [0.15, 0.2) is 29.2 Å². The third kappa shape index (κ3) is 3.65. The predicted molar refractivity (Wildman–Crippen MR) is 69.0 cm³/mol. The van der Waals surface area contributed by atoms with Gasteiger partial charge in [-0.3, -0.25) is 4.79 Å². The van der Waals surface area contributed by atoms with E-state index in [1.54, 1.807) is 32.9 Å². The molecule has 1 rings (SSSR count). The number of benzene rings is 1. The SMILES string of the molecule is CCC(=O)CS(=O)(=O)c1cccc(C(C)(C)O)c1. The first-order chi connectivity index (χ1) is 8.16. The summed E-state index contributed by atoms with van der Waals surface area (Å²) in [4.78, 5) is 11.3. The summed E-state index contributed by atoms with van der Waals surface area (Å²) in [5.74, 6) is -0.803. The fourth-order valence-electron chi connectivity index (χ4n) is 1.47. The third-order valence-electron chi connectivity index (χ3n) is 2.64. The van der Waals surface area contributed by atoms with Crippen molar-refractivity contribution in [3.05, 3.63) is 29.8 Å². The van der Waals surface area contributed by atoms with Gasteiger partial charge in [-0.2, -0.15) is 0 Å². The Morgan fingerprint density at radius 3 is 2.44 bits per heavy atom. The highest BCUT2D eigenvalue weighted by Gasteiger charge is 2.22. The second-order valence-corrected chi connectivity index (χ2v) is 6.73. The zero-order chi connectivity index (χ0) is 14.0. The molecule has 5 heteroatoms. The van der Waals surface area contributed by atoms with Crippen LogP contribution in [0.25, 0.3) is 0 Å². The maximum absolute atomic E-state index is 12.0. The topological polar surface area (TPSA) is 71.4 Å². The minimum absolute atomic E-state index is 0.0731. The van der Waals surface area contributed by atoms with Crippen LogP contribution in [0.4, 0.5) is 0 Å². The Hall–Kier alpha value is -1.20. The van der Waals surface area contributed by atoms with Crippen LogP contribution < -0.4 is 0 Å². The molecule has 1 aromatic rings.